The van der Waals surface area contributed by atoms with Crippen LogP contribution in [0.25, 0.3) is 33.3 Å². The van der Waals surface area contributed by atoms with Crippen molar-refractivity contribution in [1.82, 2.24) is 28.6 Å². The van der Waals surface area contributed by atoms with Crippen LogP contribution in [0.2, 0.25) is 5.15 Å². The van der Waals surface area contributed by atoms with Crippen LogP contribution in [0.15, 0.2) is 72.1 Å². The Labute approximate surface area is 238 Å². The minimum absolute atomic E-state index is 0.183. The fourth-order valence-electron chi connectivity index (χ4n) is 5.13. The van der Waals surface area contributed by atoms with Crippen molar-refractivity contribution in [3.05, 3.63) is 78.0 Å². The number of pyridine rings is 2. The average molecular weight is 577 g/mol. The van der Waals surface area contributed by atoms with E-state index in [1.165, 1.54) is 3.97 Å². The third-order valence-electron chi connectivity index (χ3n) is 7.51. The zero-order valence-electron chi connectivity index (χ0n) is 22.5. The Bertz CT molecular complexity index is 1790. The van der Waals surface area contributed by atoms with E-state index in [1.54, 1.807) is 56.0 Å². The monoisotopic (exact) mass is 576 g/mol. The maximum Gasteiger partial charge on any atom is 0.269 e. The van der Waals surface area contributed by atoms with Crippen LogP contribution >= 0.6 is 11.6 Å². The lowest BCUT2D eigenvalue weighted by Gasteiger charge is -2.28. The average Bonchev–Trinajstić information content (AvgIpc) is 3.54. The highest BCUT2D eigenvalue weighted by atomic mass is 35.5. The Morgan fingerprint density at radius 2 is 1.68 bits per heavy atom. The van der Waals surface area contributed by atoms with Crippen molar-refractivity contribution in [3.8, 4) is 28.1 Å². The van der Waals surface area contributed by atoms with Gasteiger partial charge < -0.3 is 9.64 Å². The third-order valence-corrected chi connectivity index (χ3v) is 9.45. The van der Waals surface area contributed by atoms with Gasteiger partial charge in [-0.05, 0) is 64.2 Å². The molecule has 1 aliphatic rings. The summed E-state index contributed by atoms with van der Waals surface area (Å²) >= 11 is 6.64. The van der Waals surface area contributed by atoms with Gasteiger partial charge in [0, 0.05) is 58.5 Å². The number of piperidine rings is 1. The summed E-state index contributed by atoms with van der Waals surface area (Å²) in [5, 5.41) is 5.66. The number of halogens is 1. The largest absolute Gasteiger partial charge is 0.481 e. The third kappa shape index (κ3) is 4.76. The topological polar surface area (TPSA) is 95.1 Å². The van der Waals surface area contributed by atoms with Crippen LogP contribution in [0.3, 0.4) is 0 Å². The molecule has 1 aliphatic heterocycles. The van der Waals surface area contributed by atoms with Crippen LogP contribution in [0.5, 0.6) is 5.88 Å². The fourth-order valence-corrected chi connectivity index (χ4v) is 6.70. The lowest BCUT2D eigenvalue weighted by Crippen LogP contribution is -2.31. The molecule has 5 heterocycles. The Hall–Kier alpha value is -3.73. The number of nitrogens with zero attached hydrogens (tertiary/aromatic N) is 6. The normalized spacial score (nSPS) is 15.1. The van der Waals surface area contributed by atoms with Gasteiger partial charge in [0.25, 0.3) is 10.0 Å². The molecule has 6 rings (SSSR count). The van der Waals surface area contributed by atoms with Crippen molar-refractivity contribution < 1.29 is 13.2 Å². The molecule has 4 aromatic heterocycles. The quantitative estimate of drug-likeness (QED) is 0.266. The van der Waals surface area contributed by atoms with Crippen molar-refractivity contribution in [3.63, 3.8) is 0 Å². The second kappa shape index (κ2) is 10.3. The summed E-state index contributed by atoms with van der Waals surface area (Å²) in [7, 11) is -0.246. The van der Waals surface area contributed by atoms with Gasteiger partial charge in [-0.15, -0.1) is 0 Å². The first kappa shape index (κ1) is 26.5. The van der Waals surface area contributed by atoms with E-state index in [4.69, 9.17) is 16.3 Å². The first-order valence-electron chi connectivity index (χ1n) is 13.0. The van der Waals surface area contributed by atoms with Crippen LogP contribution in [-0.4, -0.2) is 64.3 Å². The van der Waals surface area contributed by atoms with Crippen LogP contribution in [0.1, 0.15) is 24.4 Å². The number of rotatable bonds is 6. The lowest BCUT2D eigenvalue weighted by molar-refractivity contribution is 0.212. The summed E-state index contributed by atoms with van der Waals surface area (Å²) in [5.74, 6) is 0.465. The number of aryl methyl sites for hydroxylation is 1. The van der Waals surface area contributed by atoms with E-state index in [9.17, 15) is 8.42 Å². The van der Waals surface area contributed by atoms with E-state index in [2.05, 4.69) is 27.0 Å². The van der Waals surface area contributed by atoms with Crippen LogP contribution in [0.4, 0.5) is 0 Å². The van der Waals surface area contributed by atoms with Gasteiger partial charge in [0.1, 0.15) is 0 Å². The van der Waals surface area contributed by atoms with Gasteiger partial charge in [0.15, 0.2) is 10.8 Å². The van der Waals surface area contributed by atoms with E-state index in [-0.39, 0.29) is 10.9 Å². The maximum absolute atomic E-state index is 13.8. The lowest BCUT2D eigenvalue weighted by atomic mass is 10.0. The van der Waals surface area contributed by atoms with Gasteiger partial charge >= 0.3 is 0 Å². The Morgan fingerprint density at radius 1 is 0.950 bits per heavy atom. The van der Waals surface area contributed by atoms with E-state index in [0.717, 1.165) is 48.2 Å². The van der Waals surface area contributed by atoms with E-state index in [1.807, 2.05) is 29.9 Å². The number of hydrogen-bond donors (Lipinski definition) is 0. The molecular weight excluding hydrogens is 548 g/mol. The zero-order valence-corrected chi connectivity index (χ0v) is 24.0. The highest BCUT2D eigenvalue weighted by Gasteiger charge is 2.25. The van der Waals surface area contributed by atoms with E-state index >= 15 is 0 Å². The highest BCUT2D eigenvalue weighted by Crippen LogP contribution is 2.37. The van der Waals surface area contributed by atoms with Gasteiger partial charge in [0.2, 0.25) is 5.88 Å². The molecule has 1 saturated heterocycles. The van der Waals surface area contributed by atoms with Crippen LogP contribution < -0.4 is 4.74 Å². The molecule has 0 aliphatic carbocycles. The molecule has 1 aromatic carbocycles. The minimum Gasteiger partial charge on any atom is -0.481 e. The Kier molecular flexibility index (Phi) is 6.85. The molecule has 9 nitrogen and oxygen atoms in total. The number of aromatic nitrogens is 5. The molecule has 11 heteroatoms. The summed E-state index contributed by atoms with van der Waals surface area (Å²) < 4.78 is 35.9. The fraction of sp³-hybridized carbons (Fsp3) is 0.276. The molecule has 5 aromatic rings. The molecule has 0 amide bonds. The van der Waals surface area contributed by atoms with Gasteiger partial charge in [-0.3, -0.25) is 4.68 Å². The predicted molar refractivity (Wildman–Crippen MR) is 155 cm³/mol. The van der Waals surface area contributed by atoms with Gasteiger partial charge in [-0.25, -0.2) is 22.4 Å². The summed E-state index contributed by atoms with van der Waals surface area (Å²) in [6, 6.07) is 12.6. The molecule has 1 fully saturated rings. The second-order valence-corrected chi connectivity index (χ2v) is 12.4. The van der Waals surface area contributed by atoms with Crippen molar-refractivity contribution in [2.45, 2.75) is 30.7 Å². The summed E-state index contributed by atoms with van der Waals surface area (Å²) in [6.07, 6.45) is 8.88. The number of likely N-dealkylation sites (tertiary alicyclic amines) is 1. The summed E-state index contributed by atoms with van der Waals surface area (Å²) in [6.45, 7) is 3.93. The standard InChI is InChI=1S/C29H29ClN6O3S/c1-19-4-7-23(8-5-19)40(37,38)36-18-25(20-6-9-27(39-3)31-15-20)24-14-21(16-32-29(24)36)26-17-35(33-28(26)30)22-10-12-34(2)13-11-22/h4-9,14-18,22H,10-13H2,1-3H3. The number of hydrogen-bond acceptors (Lipinski definition) is 7. The van der Waals surface area contributed by atoms with Gasteiger partial charge in [0.05, 0.1) is 18.0 Å². The van der Waals surface area contributed by atoms with Crippen molar-refractivity contribution >= 4 is 32.7 Å². The number of benzene rings is 1. The molecule has 0 spiro atoms. The molecule has 0 radical (unpaired) electrons. The Balaban J connectivity index is 1.49. The van der Waals surface area contributed by atoms with Crippen molar-refractivity contribution in [2.75, 3.05) is 27.2 Å². The van der Waals surface area contributed by atoms with Crippen molar-refractivity contribution in [2.24, 2.45) is 0 Å². The van der Waals surface area contributed by atoms with Crippen molar-refractivity contribution in [1.29, 1.82) is 0 Å². The minimum atomic E-state index is -3.92. The van der Waals surface area contributed by atoms with Crippen LogP contribution in [0, 0.1) is 6.92 Å². The number of fused-ring (bicyclic) bond motifs is 1. The molecule has 0 N–H and O–H groups in total. The smallest absolute Gasteiger partial charge is 0.269 e. The first-order valence-corrected chi connectivity index (χ1v) is 14.8. The molecular formula is C29H29ClN6O3S. The molecule has 206 valence electrons. The number of ether oxygens (including phenoxy) is 1. The first-order chi connectivity index (χ1) is 19.2. The molecule has 0 unspecified atom stereocenters. The molecule has 0 bridgehead atoms. The van der Waals surface area contributed by atoms with E-state index < -0.39 is 10.0 Å². The van der Waals surface area contributed by atoms with Crippen LogP contribution in [-0.2, 0) is 10.0 Å². The molecule has 0 atom stereocenters. The SMILES string of the molecule is COc1ccc(-c2cn(S(=O)(=O)c3ccc(C)cc3)c3ncc(-c4cn(C5CCN(C)CC5)nc4Cl)cc23)cn1. The molecule has 40 heavy (non-hydrogen) atoms. The zero-order chi connectivity index (χ0) is 28.0. The van der Waals surface area contributed by atoms with E-state index in [0.29, 0.717) is 27.6 Å². The predicted octanol–water partition coefficient (Wildman–Crippen LogP) is 5.44. The summed E-state index contributed by atoms with van der Waals surface area (Å²) in [4.78, 5) is 11.5. The Morgan fingerprint density at radius 3 is 2.35 bits per heavy atom. The van der Waals surface area contributed by atoms with Gasteiger partial charge in [-0.1, -0.05) is 29.3 Å². The second-order valence-electron chi connectivity index (χ2n) is 10.2. The summed E-state index contributed by atoms with van der Waals surface area (Å²) in [5.41, 5.74) is 4.20. The molecule has 0 saturated carbocycles. The maximum atomic E-state index is 13.8. The highest BCUT2D eigenvalue weighted by molar-refractivity contribution is 7.90. The van der Waals surface area contributed by atoms with Gasteiger partial charge in [-0.2, -0.15) is 5.10 Å². The number of methoxy groups -OCH3 is 1.